The van der Waals surface area contributed by atoms with Gasteiger partial charge in [0.15, 0.2) is 0 Å². The second kappa shape index (κ2) is 5.35. The number of esters is 1. The van der Waals surface area contributed by atoms with E-state index in [-0.39, 0.29) is 12.0 Å². The van der Waals surface area contributed by atoms with Gasteiger partial charge < -0.3 is 10.5 Å². The van der Waals surface area contributed by atoms with E-state index in [1.54, 1.807) is 0 Å². The maximum atomic E-state index is 11.4. The van der Waals surface area contributed by atoms with E-state index in [1.807, 2.05) is 0 Å². The van der Waals surface area contributed by atoms with E-state index in [1.165, 1.54) is 0 Å². The first-order valence-electron chi connectivity index (χ1n) is 5.57. The quantitative estimate of drug-likeness (QED) is 0.662. The molecular formula is C11H21NO2. The highest BCUT2D eigenvalue weighted by molar-refractivity contribution is 5.76. The maximum Gasteiger partial charge on any atom is 0.323 e. The van der Waals surface area contributed by atoms with Crippen LogP contribution in [0.5, 0.6) is 0 Å². The summed E-state index contributed by atoms with van der Waals surface area (Å²) >= 11 is 0. The summed E-state index contributed by atoms with van der Waals surface area (Å²) in [6.45, 7) is 4.75. The number of nitrogens with two attached hydrogens (primary N) is 1. The molecule has 0 heterocycles. The Morgan fingerprint density at radius 3 is 2.71 bits per heavy atom. The molecule has 0 amide bonds. The summed E-state index contributed by atoms with van der Waals surface area (Å²) in [5.41, 5.74) is 5.71. The van der Waals surface area contributed by atoms with Gasteiger partial charge in [0.1, 0.15) is 6.04 Å². The first-order valence-corrected chi connectivity index (χ1v) is 5.57. The molecule has 3 nitrogen and oxygen atoms in total. The summed E-state index contributed by atoms with van der Waals surface area (Å²) < 4.78 is 5.16. The predicted octanol–water partition coefficient (Wildman–Crippen LogP) is 1.70. The van der Waals surface area contributed by atoms with Crippen LogP contribution < -0.4 is 5.73 Å². The first-order chi connectivity index (χ1) is 6.65. The molecule has 0 radical (unpaired) electrons. The Hall–Kier alpha value is -0.570. The van der Waals surface area contributed by atoms with Crippen LogP contribution in [0.1, 0.15) is 39.5 Å². The third kappa shape index (κ3) is 3.66. The van der Waals surface area contributed by atoms with E-state index in [2.05, 4.69) is 13.8 Å². The number of hydrogen-bond acceptors (Lipinski definition) is 3. The lowest BCUT2D eigenvalue weighted by atomic mass is 10.1. The molecule has 0 bridgehead atoms. The van der Waals surface area contributed by atoms with E-state index in [0.29, 0.717) is 18.4 Å². The van der Waals surface area contributed by atoms with Gasteiger partial charge in [0.05, 0.1) is 6.61 Å². The SMILES string of the molecule is CCCC(C)COC(=O)C(N)C1CC1. The molecule has 3 heteroatoms. The molecule has 1 saturated carbocycles. The average Bonchev–Trinajstić information content (AvgIpc) is 2.96. The van der Waals surface area contributed by atoms with Gasteiger partial charge >= 0.3 is 5.97 Å². The van der Waals surface area contributed by atoms with E-state index in [4.69, 9.17) is 10.5 Å². The van der Waals surface area contributed by atoms with Crippen molar-refractivity contribution in [3.63, 3.8) is 0 Å². The molecule has 1 fully saturated rings. The highest BCUT2D eigenvalue weighted by Crippen LogP contribution is 2.32. The van der Waals surface area contributed by atoms with Crippen molar-refractivity contribution >= 4 is 5.97 Å². The summed E-state index contributed by atoms with van der Waals surface area (Å²) in [6, 6.07) is -0.371. The molecule has 14 heavy (non-hydrogen) atoms. The van der Waals surface area contributed by atoms with Crippen LogP contribution in [-0.4, -0.2) is 18.6 Å². The second-order valence-corrected chi connectivity index (χ2v) is 4.39. The van der Waals surface area contributed by atoms with Crippen molar-refractivity contribution in [2.45, 2.75) is 45.6 Å². The molecular weight excluding hydrogens is 178 g/mol. The summed E-state index contributed by atoms with van der Waals surface area (Å²) in [4.78, 5) is 11.4. The zero-order chi connectivity index (χ0) is 10.6. The van der Waals surface area contributed by atoms with Crippen molar-refractivity contribution < 1.29 is 9.53 Å². The summed E-state index contributed by atoms with van der Waals surface area (Å²) in [6.07, 6.45) is 4.40. The fourth-order valence-electron chi connectivity index (χ4n) is 1.54. The van der Waals surface area contributed by atoms with Crippen molar-refractivity contribution in [1.82, 2.24) is 0 Å². The molecule has 1 rings (SSSR count). The standard InChI is InChI=1S/C11H21NO2/c1-3-4-8(2)7-14-11(13)10(12)9-5-6-9/h8-10H,3-7,12H2,1-2H3. The Morgan fingerprint density at radius 2 is 2.21 bits per heavy atom. The van der Waals surface area contributed by atoms with Crippen LogP contribution in [0.3, 0.4) is 0 Å². The van der Waals surface area contributed by atoms with Gasteiger partial charge in [-0.2, -0.15) is 0 Å². The number of carbonyl (C=O) groups excluding carboxylic acids is 1. The number of carbonyl (C=O) groups is 1. The third-order valence-corrected chi connectivity index (χ3v) is 2.69. The molecule has 82 valence electrons. The molecule has 0 saturated heterocycles. The topological polar surface area (TPSA) is 52.3 Å². The molecule has 0 aromatic heterocycles. The largest absolute Gasteiger partial charge is 0.464 e. The smallest absolute Gasteiger partial charge is 0.323 e. The third-order valence-electron chi connectivity index (χ3n) is 2.69. The van der Waals surface area contributed by atoms with E-state index < -0.39 is 0 Å². The van der Waals surface area contributed by atoms with Gasteiger partial charge in [-0.05, 0) is 31.1 Å². The minimum Gasteiger partial charge on any atom is -0.464 e. The Bertz CT molecular complexity index is 190. The molecule has 0 aromatic carbocycles. The van der Waals surface area contributed by atoms with Crippen LogP contribution in [0.15, 0.2) is 0 Å². The van der Waals surface area contributed by atoms with E-state index in [0.717, 1.165) is 25.7 Å². The lowest BCUT2D eigenvalue weighted by molar-refractivity contribution is -0.147. The Morgan fingerprint density at radius 1 is 1.57 bits per heavy atom. The number of hydrogen-bond donors (Lipinski definition) is 1. The number of ether oxygens (including phenoxy) is 1. The van der Waals surface area contributed by atoms with Gasteiger partial charge in [0, 0.05) is 0 Å². The van der Waals surface area contributed by atoms with Crippen LogP contribution in [0.2, 0.25) is 0 Å². The fourth-order valence-corrected chi connectivity index (χ4v) is 1.54. The van der Waals surface area contributed by atoms with Gasteiger partial charge in [-0.3, -0.25) is 4.79 Å². The monoisotopic (exact) mass is 199 g/mol. The van der Waals surface area contributed by atoms with Crippen LogP contribution >= 0.6 is 0 Å². The van der Waals surface area contributed by atoms with E-state index in [9.17, 15) is 4.79 Å². The highest BCUT2D eigenvalue weighted by Gasteiger charge is 2.34. The summed E-state index contributed by atoms with van der Waals surface area (Å²) in [7, 11) is 0. The molecule has 0 aromatic rings. The minimum atomic E-state index is -0.371. The van der Waals surface area contributed by atoms with Crippen molar-refractivity contribution in [3.05, 3.63) is 0 Å². The van der Waals surface area contributed by atoms with Gasteiger partial charge in [-0.1, -0.05) is 20.3 Å². The highest BCUT2D eigenvalue weighted by atomic mass is 16.5. The Labute approximate surface area is 86.0 Å². The molecule has 1 aliphatic carbocycles. The van der Waals surface area contributed by atoms with Crippen LogP contribution in [0, 0.1) is 11.8 Å². The molecule has 2 N–H and O–H groups in total. The lowest BCUT2D eigenvalue weighted by Gasteiger charge is -2.13. The average molecular weight is 199 g/mol. The van der Waals surface area contributed by atoms with Gasteiger partial charge in [0.2, 0.25) is 0 Å². The molecule has 2 unspecified atom stereocenters. The Kier molecular flexibility index (Phi) is 4.39. The molecule has 0 aliphatic heterocycles. The van der Waals surface area contributed by atoms with Crippen LogP contribution in [0.4, 0.5) is 0 Å². The minimum absolute atomic E-state index is 0.213. The van der Waals surface area contributed by atoms with Crippen molar-refractivity contribution in [1.29, 1.82) is 0 Å². The van der Waals surface area contributed by atoms with E-state index >= 15 is 0 Å². The second-order valence-electron chi connectivity index (χ2n) is 4.39. The zero-order valence-corrected chi connectivity index (χ0v) is 9.16. The molecule has 2 atom stereocenters. The summed E-state index contributed by atoms with van der Waals surface area (Å²) in [5.74, 6) is 0.634. The molecule has 1 aliphatic rings. The van der Waals surface area contributed by atoms with Crippen molar-refractivity contribution in [3.8, 4) is 0 Å². The predicted molar refractivity (Wildman–Crippen MR) is 55.7 cm³/mol. The van der Waals surface area contributed by atoms with Crippen molar-refractivity contribution in [2.75, 3.05) is 6.61 Å². The van der Waals surface area contributed by atoms with Gasteiger partial charge in [-0.15, -0.1) is 0 Å². The maximum absolute atomic E-state index is 11.4. The van der Waals surface area contributed by atoms with Crippen LogP contribution in [-0.2, 0) is 9.53 Å². The first kappa shape index (κ1) is 11.5. The Balaban J connectivity index is 2.13. The molecule has 0 spiro atoms. The summed E-state index contributed by atoms with van der Waals surface area (Å²) in [5, 5.41) is 0. The van der Waals surface area contributed by atoms with Gasteiger partial charge in [-0.25, -0.2) is 0 Å². The lowest BCUT2D eigenvalue weighted by Crippen LogP contribution is -2.35. The van der Waals surface area contributed by atoms with Gasteiger partial charge in [0.25, 0.3) is 0 Å². The fraction of sp³-hybridized carbons (Fsp3) is 0.909. The normalized spacial score (nSPS) is 20.2. The number of rotatable bonds is 6. The van der Waals surface area contributed by atoms with Crippen LogP contribution in [0.25, 0.3) is 0 Å². The zero-order valence-electron chi connectivity index (χ0n) is 9.16. The van der Waals surface area contributed by atoms with Crippen molar-refractivity contribution in [2.24, 2.45) is 17.6 Å².